The SMILES string of the molecule is C=CCN1C(=O)C2C3CC(C2C1=O)C1(CC(C)C)OC31. The molecule has 4 nitrogen and oxygen atoms in total. The quantitative estimate of drug-likeness (QED) is 0.445. The van der Waals surface area contributed by atoms with E-state index in [0.29, 0.717) is 12.5 Å². The van der Waals surface area contributed by atoms with E-state index in [1.54, 1.807) is 6.08 Å². The zero-order chi connectivity index (χ0) is 14.2. The summed E-state index contributed by atoms with van der Waals surface area (Å²) < 4.78 is 6.02. The summed E-state index contributed by atoms with van der Waals surface area (Å²) in [6.45, 7) is 8.39. The Balaban J connectivity index is 1.65. The average molecular weight is 275 g/mol. The lowest BCUT2D eigenvalue weighted by Gasteiger charge is -2.26. The van der Waals surface area contributed by atoms with Crippen molar-refractivity contribution < 1.29 is 14.3 Å². The van der Waals surface area contributed by atoms with Gasteiger partial charge in [-0.15, -0.1) is 6.58 Å². The molecule has 4 rings (SSSR count). The number of hydrogen-bond acceptors (Lipinski definition) is 3. The minimum Gasteiger partial charge on any atom is -0.365 e. The Morgan fingerprint density at radius 2 is 2.10 bits per heavy atom. The van der Waals surface area contributed by atoms with Crippen molar-refractivity contribution >= 4 is 11.8 Å². The minimum absolute atomic E-state index is 0.0149. The van der Waals surface area contributed by atoms with Crippen LogP contribution in [0.15, 0.2) is 12.7 Å². The molecule has 108 valence electrons. The van der Waals surface area contributed by atoms with Gasteiger partial charge in [0.05, 0.1) is 23.5 Å². The van der Waals surface area contributed by atoms with Crippen molar-refractivity contribution in [3.05, 3.63) is 12.7 Å². The van der Waals surface area contributed by atoms with Crippen LogP contribution < -0.4 is 0 Å². The van der Waals surface area contributed by atoms with E-state index in [-0.39, 0.29) is 47.2 Å². The van der Waals surface area contributed by atoms with Crippen molar-refractivity contribution in [3.63, 3.8) is 0 Å². The third-order valence-corrected chi connectivity index (χ3v) is 5.74. The van der Waals surface area contributed by atoms with Crippen LogP contribution in [-0.4, -0.2) is 35.0 Å². The summed E-state index contributed by atoms with van der Waals surface area (Å²) in [6, 6.07) is 0. The first-order valence-electron chi connectivity index (χ1n) is 7.65. The van der Waals surface area contributed by atoms with Gasteiger partial charge in [-0.1, -0.05) is 19.9 Å². The first kappa shape index (κ1) is 12.6. The Kier molecular flexibility index (Phi) is 2.34. The topological polar surface area (TPSA) is 49.9 Å². The molecular formula is C16H21NO3. The molecule has 2 aliphatic heterocycles. The van der Waals surface area contributed by atoms with Crippen molar-refractivity contribution in [2.24, 2.45) is 29.6 Å². The lowest BCUT2D eigenvalue weighted by atomic mass is 9.72. The van der Waals surface area contributed by atoms with Gasteiger partial charge in [0, 0.05) is 18.4 Å². The number of epoxide rings is 1. The molecule has 6 unspecified atom stereocenters. The highest BCUT2D eigenvalue weighted by Gasteiger charge is 2.80. The van der Waals surface area contributed by atoms with E-state index in [4.69, 9.17) is 4.74 Å². The average Bonchev–Trinajstić information content (AvgIpc) is 2.75. The second-order valence-electron chi connectivity index (χ2n) is 7.22. The molecule has 2 heterocycles. The molecule has 6 atom stereocenters. The van der Waals surface area contributed by atoms with E-state index in [1.165, 1.54) is 4.90 Å². The van der Waals surface area contributed by atoms with E-state index in [1.807, 2.05) is 0 Å². The second-order valence-corrected chi connectivity index (χ2v) is 7.22. The summed E-state index contributed by atoms with van der Waals surface area (Å²) in [5.74, 6) is 0.899. The van der Waals surface area contributed by atoms with E-state index < -0.39 is 0 Å². The largest absolute Gasteiger partial charge is 0.365 e. The third kappa shape index (κ3) is 1.26. The van der Waals surface area contributed by atoms with Crippen LogP contribution in [0.1, 0.15) is 26.7 Å². The van der Waals surface area contributed by atoms with Gasteiger partial charge in [0.1, 0.15) is 0 Å². The molecule has 2 bridgehead atoms. The van der Waals surface area contributed by atoms with Gasteiger partial charge in [0.15, 0.2) is 0 Å². The number of ether oxygens (including phenoxy) is 1. The fraction of sp³-hybridized carbons (Fsp3) is 0.750. The van der Waals surface area contributed by atoms with Crippen molar-refractivity contribution in [1.29, 1.82) is 0 Å². The Morgan fingerprint density at radius 3 is 2.75 bits per heavy atom. The summed E-state index contributed by atoms with van der Waals surface area (Å²) in [6.07, 6.45) is 3.90. The van der Waals surface area contributed by atoms with E-state index in [2.05, 4.69) is 20.4 Å². The number of hydrogen-bond donors (Lipinski definition) is 0. The maximum absolute atomic E-state index is 12.6. The summed E-state index contributed by atoms with van der Waals surface area (Å²) in [5, 5.41) is 0. The molecule has 4 heteroatoms. The predicted octanol–water partition coefficient (Wildman–Crippen LogP) is 1.61. The molecule has 0 aromatic rings. The van der Waals surface area contributed by atoms with Gasteiger partial charge in [-0.2, -0.15) is 0 Å². The van der Waals surface area contributed by atoms with Gasteiger partial charge < -0.3 is 4.74 Å². The third-order valence-electron chi connectivity index (χ3n) is 5.74. The Hall–Kier alpha value is -1.16. The number of rotatable bonds is 4. The fourth-order valence-electron chi connectivity index (χ4n) is 5.26. The van der Waals surface area contributed by atoms with Crippen LogP contribution >= 0.6 is 0 Å². The highest BCUT2D eigenvalue weighted by atomic mass is 16.6. The lowest BCUT2D eigenvalue weighted by Crippen LogP contribution is -2.38. The standard InChI is InChI=1S/C16H21NO3/c1-4-5-17-14(18)11-9-6-10(12(11)15(17)19)16(7-8(2)3)13(9)20-16/h4,8-13H,1,5-7H2,2-3H3. The number of amides is 2. The molecule has 0 aromatic heterocycles. The van der Waals surface area contributed by atoms with Gasteiger partial charge >= 0.3 is 0 Å². The number of imide groups is 1. The van der Waals surface area contributed by atoms with Crippen LogP contribution in [0.3, 0.4) is 0 Å². The van der Waals surface area contributed by atoms with Gasteiger partial charge in [-0.3, -0.25) is 14.5 Å². The zero-order valence-corrected chi connectivity index (χ0v) is 12.0. The molecule has 0 aromatic carbocycles. The Morgan fingerprint density at radius 1 is 1.40 bits per heavy atom. The second kappa shape index (κ2) is 3.73. The predicted molar refractivity (Wildman–Crippen MR) is 72.6 cm³/mol. The molecule has 2 aliphatic carbocycles. The van der Waals surface area contributed by atoms with Crippen LogP contribution in [0.2, 0.25) is 0 Å². The molecule has 2 saturated carbocycles. The van der Waals surface area contributed by atoms with Crippen molar-refractivity contribution in [1.82, 2.24) is 4.90 Å². The molecule has 0 N–H and O–H groups in total. The van der Waals surface area contributed by atoms with Crippen LogP contribution in [0.4, 0.5) is 0 Å². The number of likely N-dealkylation sites (tertiary alicyclic amines) is 1. The summed E-state index contributed by atoms with van der Waals surface area (Å²) in [5.41, 5.74) is -0.0832. The van der Waals surface area contributed by atoms with E-state index >= 15 is 0 Å². The van der Waals surface area contributed by atoms with Gasteiger partial charge in [-0.05, 0) is 18.8 Å². The zero-order valence-electron chi connectivity index (χ0n) is 12.0. The maximum Gasteiger partial charge on any atom is 0.233 e. The molecule has 2 amide bonds. The fourth-order valence-corrected chi connectivity index (χ4v) is 5.26. The molecule has 4 aliphatic rings. The van der Waals surface area contributed by atoms with Crippen LogP contribution in [-0.2, 0) is 14.3 Å². The van der Waals surface area contributed by atoms with E-state index in [9.17, 15) is 9.59 Å². The van der Waals surface area contributed by atoms with Gasteiger partial charge in [0.2, 0.25) is 11.8 Å². The van der Waals surface area contributed by atoms with E-state index in [0.717, 1.165) is 12.8 Å². The molecule has 20 heavy (non-hydrogen) atoms. The minimum atomic E-state index is -0.120. The monoisotopic (exact) mass is 275 g/mol. The molecule has 4 fully saturated rings. The van der Waals surface area contributed by atoms with Crippen molar-refractivity contribution in [2.45, 2.75) is 38.4 Å². The van der Waals surface area contributed by atoms with Crippen LogP contribution in [0.5, 0.6) is 0 Å². The maximum atomic E-state index is 12.6. The lowest BCUT2D eigenvalue weighted by molar-refractivity contribution is -0.140. The Bertz CT molecular complexity index is 514. The molecule has 0 radical (unpaired) electrons. The number of fused-ring (bicyclic) bond motifs is 8. The van der Waals surface area contributed by atoms with Crippen LogP contribution in [0, 0.1) is 29.6 Å². The number of nitrogens with zero attached hydrogens (tertiary/aromatic N) is 1. The summed E-state index contributed by atoms with van der Waals surface area (Å²) >= 11 is 0. The van der Waals surface area contributed by atoms with Gasteiger partial charge in [0.25, 0.3) is 0 Å². The normalized spacial score (nSPS) is 48.0. The first-order chi connectivity index (χ1) is 9.51. The van der Waals surface area contributed by atoms with Crippen molar-refractivity contribution in [3.8, 4) is 0 Å². The summed E-state index contributed by atoms with van der Waals surface area (Å²) in [4.78, 5) is 26.5. The smallest absolute Gasteiger partial charge is 0.233 e. The molecule has 0 spiro atoms. The Labute approximate surface area is 119 Å². The highest BCUT2D eigenvalue weighted by Crippen LogP contribution is 2.71. The molecular weight excluding hydrogens is 254 g/mol. The van der Waals surface area contributed by atoms with Gasteiger partial charge in [-0.25, -0.2) is 0 Å². The first-order valence-corrected chi connectivity index (χ1v) is 7.65. The summed E-state index contributed by atoms with van der Waals surface area (Å²) in [7, 11) is 0. The van der Waals surface area contributed by atoms with Crippen molar-refractivity contribution in [2.75, 3.05) is 6.54 Å². The highest BCUT2D eigenvalue weighted by molar-refractivity contribution is 6.06. The number of carbonyl (C=O) groups excluding carboxylic acids is 2. The number of carbonyl (C=O) groups is 2. The molecule has 2 saturated heterocycles. The van der Waals surface area contributed by atoms with Crippen LogP contribution in [0.25, 0.3) is 0 Å².